The molecule has 2 aromatic carbocycles. The van der Waals surface area contributed by atoms with Crippen LogP contribution >= 0.6 is 0 Å². The van der Waals surface area contributed by atoms with Crippen LogP contribution < -0.4 is 10.6 Å². The fraction of sp³-hybridized carbons (Fsp3) is 0.648. The van der Waals surface area contributed by atoms with Crippen LogP contribution in [0.3, 0.4) is 0 Å². The van der Waals surface area contributed by atoms with Crippen molar-refractivity contribution in [1.82, 2.24) is 29.6 Å². The zero-order chi connectivity index (χ0) is 49.2. The number of hydrogen-bond acceptors (Lipinski definition) is 8. The molecule has 68 heavy (non-hydrogen) atoms. The molecule has 2 aromatic heterocycles. The number of aromatic amines is 1. The Bertz CT molecular complexity index is 2330. The molecule has 0 aliphatic heterocycles. The Kier molecular flexibility index (Phi) is 18.0. The SMILES string of the molecule is Cc1ccc(Nc2cc(C(=O)N(C3CCCCC3)C3CCCCC3)ccc2C(=O)N(C2CCCCC2)C2CCCCC2)cc1NC(C)(C)C(C)(C)c1nnc2cc(C(C)(C)C)[nH]n12.O=S=O.[C-]#[O+]. The number of carbonyl (C=O) groups is 2. The Labute approximate surface area is 409 Å². The Balaban J connectivity index is 0.00000146. The first-order chi connectivity index (χ1) is 32.5. The number of benzene rings is 2. The molecule has 13 nitrogen and oxygen atoms in total. The molecule has 0 bridgehead atoms. The topological polar surface area (TPSA) is 165 Å². The van der Waals surface area contributed by atoms with Gasteiger partial charge in [-0.05, 0) is 108 Å². The van der Waals surface area contributed by atoms with Crippen molar-refractivity contribution < 1.29 is 22.7 Å². The molecule has 4 aromatic rings. The molecule has 2 heterocycles. The molecule has 8 rings (SSSR count). The molecule has 4 aliphatic rings. The third kappa shape index (κ3) is 12.0. The van der Waals surface area contributed by atoms with Gasteiger partial charge in [-0.25, -0.2) is 4.52 Å². The molecule has 4 fully saturated rings. The van der Waals surface area contributed by atoms with Gasteiger partial charge < -0.3 is 20.4 Å². The number of nitrogens with zero attached hydrogens (tertiary/aromatic N) is 5. The third-order valence-electron chi connectivity index (χ3n) is 15.9. The van der Waals surface area contributed by atoms with Crippen LogP contribution in [-0.4, -0.2) is 79.5 Å². The molecular weight excluding hydrogens is 873 g/mol. The Hall–Kier alpha value is -4.78. The minimum atomic E-state index is -0.750. The van der Waals surface area contributed by atoms with Crippen LogP contribution in [0.2, 0.25) is 0 Å². The first kappa shape index (κ1) is 52.6. The summed E-state index contributed by atoms with van der Waals surface area (Å²) in [6.07, 6.45) is 23.1. The van der Waals surface area contributed by atoms with E-state index in [-0.39, 0.29) is 41.4 Å². The van der Waals surface area contributed by atoms with Gasteiger partial charge in [-0.1, -0.05) is 118 Å². The molecule has 4 aliphatic carbocycles. The summed E-state index contributed by atoms with van der Waals surface area (Å²) in [7, 11) is 0. The van der Waals surface area contributed by atoms with E-state index in [0.717, 1.165) is 91.2 Å². The Morgan fingerprint density at radius 3 is 1.60 bits per heavy atom. The van der Waals surface area contributed by atoms with E-state index in [9.17, 15) is 0 Å². The van der Waals surface area contributed by atoms with Gasteiger partial charge >= 0.3 is 22.9 Å². The predicted molar refractivity (Wildman–Crippen MR) is 270 cm³/mol. The van der Waals surface area contributed by atoms with Crippen molar-refractivity contribution in [2.75, 3.05) is 10.6 Å². The van der Waals surface area contributed by atoms with Crippen LogP contribution in [0.15, 0.2) is 42.5 Å². The van der Waals surface area contributed by atoms with Gasteiger partial charge in [0.2, 0.25) is 0 Å². The van der Waals surface area contributed by atoms with E-state index in [1.165, 1.54) is 77.0 Å². The summed E-state index contributed by atoms with van der Waals surface area (Å²) < 4.78 is 26.1. The second kappa shape index (κ2) is 23.2. The molecule has 4 saturated carbocycles. The van der Waals surface area contributed by atoms with Crippen molar-refractivity contribution in [3.8, 4) is 0 Å². The minimum absolute atomic E-state index is 0.0497. The molecule has 3 N–H and O–H groups in total. The standard InChI is InChI=1S/C53H78N8O2.CO.O2S/c1-36-29-31-38(34-44(36)55-53(7,8)52(5,6)50-57-56-47-35-46(51(2,3)4)58-61(47)50)54-45-33-37(48(62)59(39-21-13-9-14-22-39)40-23-15-10-16-24-40)30-32-43(45)49(63)60(41-25-17-11-18-26-41)42-27-19-12-20-28-42;1-2;1-3-2/h29-35,39-42,54-55,58H,9-28H2,1-8H3;;. The molecule has 0 atom stereocenters. The number of amides is 2. The number of aromatic nitrogens is 4. The van der Waals surface area contributed by atoms with Crippen LogP contribution in [-0.2, 0) is 27.1 Å². The van der Waals surface area contributed by atoms with Crippen LogP contribution in [0, 0.1) is 13.6 Å². The van der Waals surface area contributed by atoms with E-state index >= 15 is 9.59 Å². The van der Waals surface area contributed by atoms with Crippen LogP contribution in [0.25, 0.3) is 5.65 Å². The summed E-state index contributed by atoms with van der Waals surface area (Å²) in [4.78, 5) is 34.9. The zero-order valence-electron chi connectivity index (χ0n) is 42.2. The summed E-state index contributed by atoms with van der Waals surface area (Å²) in [6.45, 7) is 22.1. The van der Waals surface area contributed by atoms with Crippen LogP contribution in [0.1, 0.15) is 215 Å². The van der Waals surface area contributed by atoms with Gasteiger partial charge in [0, 0.05) is 69.2 Å². The fourth-order valence-corrected chi connectivity index (χ4v) is 11.3. The second-order valence-corrected chi connectivity index (χ2v) is 22.2. The van der Waals surface area contributed by atoms with E-state index in [1.54, 1.807) is 0 Å². The van der Waals surface area contributed by atoms with E-state index in [2.05, 4.69) is 117 Å². The maximum atomic E-state index is 15.3. The number of carbonyl (C=O) groups excluding carboxylic acids is 2. The molecule has 370 valence electrons. The average molecular weight is 951 g/mol. The van der Waals surface area contributed by atoms with Gasteiger partial charge in [0.1, 0.15) is 0 Å². The summed E-state index contributed by atoms with van der Waals surface area (Å²) in [5, 5.41) is 20.6. The van der Waals surface area contributed by atoms with Crippen molar-refractivity contribution in [3.63, 3.8) is 0 Å². The van der Waals surface area contributed by atoms with Crippen molar-refractivity contribution in [2.45, 2.75) is 224 Å². The number of rotatable bonds is 12. The first-order valence-electron chi connectivity index (χ1n) is 25.6. The summed E-state index contributed by atoms with van der Waals surface area (Å²) in [6, 6.07) is 15.6. The van der Waals surface area contributed by atoms with Gasteiger partial charge in [0.25, 0.3) is 11.8 Å². The van der Waals surface area contributed by atoms with E-state index < -0.39 is 22.5 Å². The van der Waals surface area contributed by atoms with Gasteiger partial charge in [-0.15, -0.1) is 10.2 Å². The van der Waals surface area contributed by atoms with Crippen LogP contribution in [0.5, 0.6) is 0 Å². The molecule has 0 spiro atoms. The fourth-order valence-electron chi connectivity index (χ4n) is 11.3. The number of anilines is 3. The Morgan fingerprint density at radius 2 is 1.13 bits per heavy atom. The summed E-state index contributed by atoms with van der Waals surface area (Å²) in [5.41, 5.74) is 6.00. The average Bonchev–Trinajstić information content (AvgIpc) is 3.95. The molecule has 0 saturated heterocycles. The number of fused-ring (bicyclic) bond motifs is 1. The van der Waals surface area contributed by atoms with Gasteiger partial charge in [0.05, 0.1) is 11.3 Å². The number of nitrogens with one attached hydrogen (secondary N) is 3. The van der Waals surface area contributed by atoms with E-state index in [4.69, 9.17) is 18.2 Å². The number of H-pyrrole nitrogens is 1. The van der Waals surface area contributed by atoms with E-state index in [0.29, 0.717) is 11.1 Å². The second-order valence-electron chi connectivity index (χ2n) is 22.1. The number of hydrogen-bond donors (Lipinski definition) is 3. The quantitative estimate of drug-likeness (QED) is 0.0933. The number of aryl methyl sites for hydroxylation is 1. The normalized spacial score (nSPS) is 18.1. The van der Waals surface area contributed by atoms with Crippen molar-refractivity contribution in [3.05, 3.63) is 77.3 Å². The maximum absolute atomic E-state index is 15.3. The van der Waals surface area contributed by atoms with Gasteiger partial charge in [-0.2, -0.15) is 8.42 Å². The monoisotopic (exact) mass is 951 g/mol. The van der Waals surface area contributed by atoms with Crippen molar-refractivity contribution in [2.24, 2.45) is 0 Å². The Morgan fingerprint density at radius 1 is 0.662 bits per heavy atom. The van der Waals surface area contributed by atoms with E-state index in [1.807, 2.05) is 22.7 Å². The predicted octanol–water partition coefficient (Wildman–Crippen LogP) is 12.1. The van der Waals surface area contributed by atoms with Crippen molar-refractivity contribution >= 4 is 46.1 Å². The zero-order valence-corrected chi connectivity index (χ0v) is 43.0. The molecule has 0 unspecified atom stereocenters. The van der Waals surface area contributed by atoms with Gasteiger partial charge in [-0.3, -0.25) is 14.7 Å². The molecule has 2 amide bonds. The molecular formula is C54H78N8O5S. The summed E-state index contributed by atoms with van der Waals surface area (Å²) in [5.74, 6) is 1.10. The van der Waals surface area contributed by atoms with Crippen LogP contribution in [0.4, 0.5) is 17.1 Å². The van der Waals surface area contributed by atoms with Gasteiger partial charge in [0.15, 0.2) is 11.5 Å². The molecule has 14 heteroatoms. The summed E-state index contributed by atoms with van der Waals surface area (Å²) >= 11 is -0.750. The van der Waals surface area contributed by atoms with Crippen molar-refractivity contribution in [1.29, 1.82) is 0 Å². The molecule has 0 radical (unpaired) electrons. The first-order valence-corrected chi connectivity index (χ1v) is 26.2. The third-order valence-corrected chi connectivity index (χ3v) is 15.9.